The molecule has 0 amide bonds. The minimum Gasteiger partial charge on any atom is -0.462 e. The minimum atomic E-state index is 0.429. The molecule has 1 saturated carbocycles. The molecule has 1 heterocycles. The highest BCUT2D eigenvalue weighted by Crippen LogP contribution is 2.26. The first-order valence-corrected chi connectivity index (χ1v) is 8.09. The van der Waals surface area contributed by atoms with E-state index in [0.717, 1.165) is 36.9 Å². The summed E-state index contributed by atoms with van der Waals surface area (Å²) in [6, 6.07) is 2.12. The minimum absolute atomic E-state index is 0.429. The van der Waals surface area contributed by atoms with Crippen molar-refractivity contribution in [1.82, 2.24) is 5.32 Å². The van der Waals surface area contributed by atoms with Gasteiger partial charge in [-0.05, 0) is 63.1 Å². The largest absolute Gasteiger partial charge is 0.462 e. The molecule has 1 aliphatic carbocycles. The van der Waals surface area contributed by atoms with Crippen molar-refractivity contribution in [1.29, 1.82) is 0 Å². The Morgan fingerprint density at radius 1 is 1.30 bits per heavy atom. The third kappa shape index (κ3) is 4.64. The van der Waals surface area contributed by atoms with Crippen molar-refractivity contribution in [3.05, 3.63) is 23.2 Å². The molecule has 0 radical (unpaired) electrons. The summed E-state index contributed by atoms with van der Waals surface area (Å²) < 4.78 is 11.9. The van der Waals surface area contributed by atoms with Gasteiger partial charge in [0.15, 0.2) is 0 Å². The first kappa shape index (κ1) is 15.6. The molecule has 1 fully saturated rings. The molecule has 0 aromatic carbocycles. The standard InChI is InChI=1S/C17H29NO2/c1-4-9-18-11-17-14(3)10-16(20-17)12-19-15-7-5-13(2)6-8-15/h10,13,15,18H,4-9,11-12H2,1-3H3. The molecule has 3 heteroatoms. The maximum Gasteiger partial charge on any atom is 0.130 e. The van der Waals surface area contributed by atoms with Crippen LogP contribution in [-0.2, 0) is 17.9 Å². The maximum absolute atomic E-state index is 6.00. The van der Waals surface area contributed by atoms with E-state index in [4.69, 9.17) is 9.15 Å². The average Bonchev–Trinajstić information content (AvgIpc) is 2.79. The highest BCUT2D eigenvalue weighted by molar-refractivity contribution is 5.19. The van der Waals surface area contributed by atoms with E-state index in [9.17, 15) is 0 Å². The molecule has 20 heavy (non-hydrogen) atoms. The van der Waals surface area contributed by atoms with Crippen molar-refractivity contribution in [2.45, 2.75) is 72.1 Å². The van der Waals surface area contributed by atoms with Crippen LogP contribution in [0, 0.1) is 12.8 Å². The second-order valence-electron chi connectivity index (χ2n) is 6.19. The molecular weight excluding hydrogens is 250 g/mol. The van der Waals surface area contributed by atoms with Gasteiger partial charge < -0.3 is 14.5 Å². The predicted molar refractivity (Wildman–Crippen MR) is 81.7 cm³/mol. The Bertz CT molecular complexity index is 392. The zero-order chi connectivity index (χ0) is 14.4. The first-order chi connectivity index (χ1) is 9.69. The molecule has 0 bridgehead atoms. The van der Waals surface area contributed by atoms with Crippen LogP contribution in [0.4, 0.5) is 0 Å². The Hall–Kier alpha value is -0.800. The summed E-state index contributed by atoms with van der Waals surface area (Å²) >= 11 is 0. The smallest absolute Gasteiger partial charge is 0.130 e. The second kappa shape index (κ2) is 7.84. The van der Waals surface area contributed by atoms with Gasteiger partial charge in [0.25, 0.3) is 0 Å². The summed E-state index contributed by atoms with van der Waals surface area (Å²) in [5, 5.41) is 3.38. The molecular formula is C17H29NO2. The number of aryl methyl sites for hydroxylation is 1. The second-order valence-corrected chi connectivity index (χ2v) is 6.19. The molecule has 114 valence electrons. The fourth-order valence-electron chi connectivity index (χ4n) is 2.81. The van der Waals surface area contributed by atoms with E-state index < -0.39 is 0 Å². The van der Waals surface area contributed by atoms with Crippen LogP contribution in [0.2, 0.25) is 0 Å². The number of ether oxygens (including phenoxy) is 1. The Balaban J connectivity index is 1.76. The van der Waals surface area contributed by atoms with E-state index in [0.29, 0.717) is 12.7 Å². The molecule has 2 rings (SSSR count). The van der Waals surface area contributed by atoms with Gasteiger partial charge in [-0.15, -0.1) is 0 Å². The lowest BCUT2D eigenvalue weighted by Crippen LogP contribution is -2.20. The Morgan fingerprint density at radius 2 is 2.05 bits per heavy atom. The lowest BCUT2D eigenvalue weighted by Gasteiger charge is -2.25. The van der Waals surface area contributed by atoms with Gasteiger partial charge in [-0.1, -0.05) is 13.8 Å². The number of rotatable bonds is 7. The fraction of sp³-hybridized carbons (Fsp3) is 0.765. The molecule has 0 unspecified atom stereocenters. The number of furan rings is 1. The van der Waals surface area contributed by atoms with Crippen LogP contribution in [0.1, 0.15) is 63.0 Å². The molecule has 1 aromatic rings. The average molecular weight is 279 g/mol. The lowest BCUT2D eigenvalue weighted by atomic mass is 9.89. The summed E-state index contributed by atoms with van der Waals surface area (Å²) in [6.45, 7) is 9.09. The zero-order valence-corrected chi connectivity index (χ0v) is 13.2. The third-order valence-electron chi connectivity index (χ3n) is 4.21. The van der Waals surface area contributed by atoms with Gasteiger partial charge in [-0.3, -0.25) is 0 Å². The Kier molecular flexibility index (Phi) is 6.11. The van der Waals surface area contributed by atoms with Gasteiger partial charge in [0.05, 0.1) is 12.6 Å². The van der Waals surface area contributed by atoms with Gasteiger partial charge in [0.2, 0.25) is 0 Å². The topological polar surface area (TPSA) is 34.4 Å². The molecule has 0 aliphatic heterocycles. The number of hydrogen-bond donors (Lipinski definition) is 1. The van der Waals surface area contributed by atoms with Crippen molar-refractivity contribution in [3.8, 4) is 0 Å². The fourth-order valence-corrected chi connectivity index (χ4v) is 2.81. The van der Waals surface area contributed by atoms with Gasteiger partial charge in [-0.2, -0.15) is 0 Å². The van der Waals surface area contributed by atoms with Crippen molar-refractivity contribution in [3.63, 3.8) is 0 Å². The molecule has 1 N–H and O–H groups in total. The van der Waals surface area contributed by atoms with Crippen LogP contribution >= 0.6 is 0 Å². The number of hydrogen-bond acceptors (Lipinski definition) is 3. The van der Waals surface area contributed by atoms with Crippen molar-refractivity contribution < 1.29 is 9.15 Å². The maximum atomic E-state index is 6.00. The van der Waals surface area contributed by atoms with E-state index in [1.54, 1.807) is 0 Å². The quantitative estimate of drug-likeness (QED) is 0.760. The third-order valence-corrected chi connectivity index (χ3v) is 4.21. The van der Waals surface area contributed by atoms with Crippen LogP contribution in [0.3, 0.4) is 0 Å². The molecule has 0 atom stereocenters. The highest BCUT2D eigenvalue weighted by atomic mass is 16.5. The SMILES string of the molecule is CCCNCc1oc(COC2CCC(C)CC2)cc1C. The summed E-state index contributed by atoms with van der Waals surface area (Å²) in [5.41, 5.74) is 1.23. The summed E-state index contributed by atoms with van der Waals surface area (Å²) in [6.07, 6.45) is 6.58. The van der Waals surface area contributed by atoms with E-state index >= 15 is 0 Å². The van der Waals surface area contributed by atoms with Crippen LogP contribution in [0.25, 0.3) is 0 Å². The zero-order valence-electron chi connectivity index (χ0n) is 13.2. The van der Waals surface area contributed by atoms with Crippen LogP contribution in [0.15, 0.2) is 10.5 Å². The predicted octanol–water partition coefficient (Wildman–Crippen LogP) is 4.18. The van der Waals surface area contributed by atoms with Crippen LogP contribution < -0.4 is 5.32 Å². The molecule has 0 spiro atoms. The van der Waals surface area contributed by atoms with Gasteiger partial charge in [0.1, 0.15) is 18.1 Å². The molecule has 1 aliphatic rings. The number of nitrogens with one attached hydrogen (secondary N) is 1. The molecule has 0 saturated heterocycles. The van der Waals surface area contributed by atoms with Gasteiger partial charge in [-0.25, -0.2) is 0 Å². The Morgan fingerprint density at radius 3 is 2.75 bits per heavy atom. The van der Waals surface area contributed by atoms with Gasteiger partial charge >= 0.3 is 0 Å². The van der Waals surface area contributed by atoms with Crippen molar-refractivity contribution >= 4 is 0 Å². The highest BCUT2D eigenvalue weighted by Gasteiger charge is 2.19. The van der Waals surface area contributed by atoms with E-state index in [1.807, 2.05) is 0 Å². The van der Waals surface area contributed by atoms with Crippen molar-refractivity contribution in [2.24, 2.45) is 5.92 Å². The monoisotopic (exact) mass is 279 g/mol. The van der Waals surface area contributed by atoms with Crippen molar-refractivity contribution in [2.75, 3.05) is 6.54 Å². The summed E-state index contributed by atoms with van der Waals surface area (Å²) in [7, 11) is 0. The van der Waals surface area contributed by atoms with Crippen LogP contribution in [0.5, 0.6) is 0 Å². The first-order valence-electron chi connectivity index (χ1n) is 8.09. The normalized spacial score (nSPS) is 23.1. The molecule has 3 nitrogen and oxygen atoms in total. The summed E-state index contributed by atoms with van der Waals surface area (Å²) in [5.74, 6) is 2.89. The molecule has 1 aromatic heterocycles. The van der Waals surface area contributed by atoms with Gasteiger partial charge in [0, 0.05) is 0 Å². The van der Waals surface area contributed by atoms with E-state index in [2.05, 4.69) is 32.2 Å². The Labute approximate surface area is 123 Å². The van der Waals surface area contributed by atoms with E-state index in [-0.39, 0.29) is 0 Å². The van der Waals surface area contributed by atoms with E-state index in [1.165, 1.54) is 31.2 Å². The summed E-state index contributed by atoms with van der Waals surface area (Å²) in [4.78, 5) is 0. The van der Waals surface area contributed by atoms with Crippen LogP contribution in [-0.4, -0.2) is 12.6 Å². The lowest BCUT2D eigenvalue weighted by molar-refractivity contribution is 0.000896.